The zero-order valence-electron chi connectivity index (χ0n) is 18.6. The van der Waals surface area contributed by atoms with Crippen molar-refractivity contribution < 1.29 is 14.3 Å². The number of pyridine rings is 3. The van der Waals surface area contributed by atoms with E-state index in [-0.39, 0.29) is 23.8 Å². The Bertz CT molecular complexity index is 1310. The Morgan fingerprint density at radius 2 is 1.85 bits per heavy atom. The van der Waals surface area contributed by atoms with Crippen molar-refractivity contribution in [1.82, 2.24) is 29.9 Å². The summed E-state index contributed by atoms with van der Waals surface area (Å²) in [5.41, 5.74) is 3.46. The summed E-state index contributed by atoms with van der Waals surface area (Å²) in [5.74, 6) is -0.528. The number of rotatable bonds is 8. The van der Waals surface area contributed by atoms with Crippen LogP contribution in [0.5, 0.6) is 0 Å². The monoisotopic (exact) mass is 476 g/mol. The molecule has 0 amide bonds. The first kappa shape index (κ1) is 23.2. The van der Waals surface area contributed by atoms with E-state index in [4.69, 9.17) is 16.3 Å². The number of nitrogens with zero attached hydrogens (tertiary/aromatic N) is 6. The molecular weight excluding hydrogens is 456 g/mol. The van der Waals surface area contributed by atoms with Gasteiger partial charge in [-0.15, -0.1) is 5.10 Å². The van der Waals surface area contributed by atoms with Gasteiger partial charge in [0.25, 0.3) is 0 Å². The van der Waals surface area contributed by atoms with Crippen molar-refractivity contribution in [2.45, 2.75) is 25.9 Å². The maximum absolute atomic E-state index is 12.6. The molecule has 1 atom stereocenters. The minimum absolute atomic E-state index is 0.0590. The SMILES string of the molecule is C[C@@H](OC(=O)Cc1c(-c2ccc(C(=O)Cc3ccncc3)cn2)nnn1C)c1cccnc1Cl. The highest BCUT2D eigenvalue weighted by Gasteiger charge is 2.21. The first-order valence-electron chi connectivity index (χ1n) is 10.5. The minimum atomic E-state index is -0.567. The maximum atomic E-state index is 12.6. The molecule has 0 unspecified atom stereocenters. The summed E-state index contributed by atoms with van der Waals surface area (Å²) >= 11 is 6.09. The number of ketones is 1. The fraction of sp³-hybridized carbons (Fsp3) is 0.208. The van der Waals surface area contributed by atoms with Crippen LogP contribution < -0.4 is 0 Å². The first-order chi connectivity index (χ1) is 16.4. The Morgan fingerprint density at radius 1 is 1.06 bits per heavy atom. The van der Waals surface area contributed by atoms with Gasteiger partial charge in [0, 0.05) is 49.4 Å². The van der Waals surface area contributed by atoms with Gasteiger partial charge in [0.05, 0.1) is 17.8 Å². The van der Waals surface area contributed by atoms with Crippen molar-refractivity contribution in [1.29, 1.82) is 0 Å². The molecule has 0 N–H and O–H groups in total. The summed E-state index contributed by atoms with van der Waals surface area (Å²) in [6.07, 6.45) is 5.99. The molecule has 34 heavy (non-hydrogen) atoms. The molecule has 4 rings (SSSR count). The first-order valence-corrected chi connectivity index (χ1v) is 10.9. The highest BCUT2D eigenvalue weighted by Crippen LogP contribution is 2.25. The molecular formula is C24H21ClN6O3. The number of hydrogen-bond acceptors (Lipinski definition) is 8. The Morgan fingerprint density at radius 3 is 2.56 bits per heavy atom. The highest BCUT2D eigenvalue weighted by molar-refractivity contribution is 6.30. The Hall–Kier alpha value is -3.98. The van der Waals surface area contributed by atoms with E-state index in [2.05, 4.69) is 25.3 Å². The van der Waals surface area contributed by atoms with E-state index in [1.165, 1.54) is 10.9 Å². The molecule has 0 fully saturated rings. The molecule has 4 heterocycles. The van der Waals surface area contributed by atoms with Gasteiger partial charge in [-0.25, -0.2) is 4.98 Å². The van der Waals surface area contributed by atoms with Crippen molar-refractivity contribution >= 4 is 23.4 Å². The average Bonchev–Trinajstić information content (AvgIpc) is 3.19. The number of Topliss-reactive ketones (excluding diaryl/α,β-unsaturated/α-hetero) is 1. The van der Waals surface area contributed by atoms with Crippen LogP contribution in [0.25, 0.3) is 11.4 Å². The molecule has 172 valence electrons. The number of carbonyl (C=O) groups is 2. The van der Waals surface area contributed by atoms with Gasteiger partial charge < -0.3 is 4.74 Å². The minimum Gasteiger partial charge on any atom is -0.457 e. The third-order valence-electron chi connectivity index (χ3n) is 5.23. The van der Waals surface area contributed by atoms with Crippen molar-refractivity contribution in [3.8, 4) is 11.4 Å². The lowest BCUT2D eigenvalue weighted by atomic mass is 10.0. The van der Waals surface area contributed by atoms with Crippen LogP contribution in [0.15, 0.2) is 61.2 Å². The summed E-state index contributed by atoms with van der Waals surface area (Å²) < 4.78 is 7.04. The quantitative estimate of drug-likeness (QED) is 0.215. The van der Waals surface area contributed by atoms with Crippen molar-refractivity contribution in [3.63, 3.8) is 0 Å². The molecule has 9 nitrogen and oxygen atoms in total. The zero-order chi connectivity index (χ0) is 24.1. The van der Waals surface area contributed by atoms with Gasteiger partial charge in [-0.3, -0.25) is 24.2 Å². The molecule has 0 bridgehead atoms. The second kappa shape index (κ2) is 10.3. The zero-order valence-corrected chi connectivity index (χ0v) is 19.3. The van der Waals surface area contributed by atoms with Gasteiger partial charge in [0.2, 0.25) is 0 Å². The topological polar surface area (TPSA) is 113 Å². The fourth-order valence-electron chi connectivity index (χ4n) is 3.40. The molecule has 4 aromatic heterocycles. The van der Waals surface area contributed by atoms with Gasteiger partial charge in [-0.2, -0.15) is 0 Å². The predicted octanol–water partition coefficient (Wildman–Crippen LogP) is 3.59. The van der Waals surface area contributed by atoms with Gasteiger partial charge in [0.15, 0.2) is 5.78 Å². The lowest BCUT2D eigenvalue weighted by Crippen LogP contribution is -2.14. The summed E-state index contributed by atoms with van der Waals surface area (Å²) in [5, 5.41) is 8.46. The van der Waals surface area contributed by atoms with Crippen molar-refractivity contribution in [2.24, 2.45) is 7.05 Å². The molecule has 0 aliphatic heterocycles. The van der Waals surface area contributed by atoms with Crippen LogP contribution in [0.1, 0.15) is 40.2 Å². The number of halogens is 1. The van der Waals surface area contributed by atoms with Crippen molar-refractivity contribution in [2.75, 3.05) is 0 Å². The smallest absolute Gasteiger partial charge is 0.312 e. The van der Waals surface area contributed by atoms with Gasteiger partial charge >= 0.3 is 5.97 Å². The molecule has 0 aliphatic carbocycles. The van der Waals surface area contributed by atoms with E-state index in [1.54, 1.807) is 69.0 Å². The Kier molecular flexibility index (Phi) is 7.03. The van der Waals surface area contributed by atoms with Gasteiger partial charge in [-0.1, -0.05) is 22.9 Å². The summed E-state index contributed by atoms with van der Waals surface area (Å²) in [4.78, 5) is 37.5. The molecule has 0 saturated heterocycles. The lowest BCUT2D eigenvalue weighted by molar-refractivity contribution is -0.147. The van der Waals surface area contributed by atoms with E-state index in [0.29, 0.717) is 28.2 Å². The van der Waals surface area contributed by atoms with Crippen LogP contribution in [-0.2, 0) is 29.4 Å². The fourth-order valence-corrected chi connectivity index (χ4v) is 3.67. The second-order valence-electron chi connectivity index (χ2n) is 7.59. The summed E-state index contributed by atoms with van der Waals surface area (Å²) in [7, 11) is 1.69. The summed E-state index contributed by atoms with van der Waals surface area (Å²) in [6, 6.07) is 10.5. The standard InChI is InChI=1S/C24H21ClN6O3/c1-15(18-4-3-9-27-24(18)25)34-22(33)13-20-23(29-30-31(20)2)19-6-5-17(14-28-19)21(32)12-16-7-10-26-11-8-16/h3-11,14-15H,12-13H2,1-2H3/t15-/m1/s1. The van der Waals surface area contributed by atoms with Crippen LogP contribution in [-0.4, -0.2) is 41.7 Å². The van der Waals surface area contributed by atoms with Crippen LogP contribution in [0.2, 0.25) is 5.15 Å². The average molecular weight is 477 g/mol. The maximum Gasteiger partial charge on any atom is 0.312 e. The Labute approximate surface area is 200 Å². The highest BCUT2D eigenvalue weighted by atomic mass is 35.5. The lowest BCUT2D eigenvalue weighted by Gasteiger charge is -2.14. The van der Waals surface area contributed by atoms with Crippen molar-refractivity contribution in [3.05, 3.63) is 88.7 Å². The summed E-state index contributed by atoms with van der Waals surface area (Å²) in [6.45, 7) is 1.73. The molecule has 4 aromatic rings. The third-order valence-corrected chi connectivity index (χ3v) is 5.55. The molecule has 10 heteroatoms. The molecule has 0 aliphatic rings. The number of carbonyl (C=O) groups excluding carboxylic acids is 2. The number of esters is 1. The van der Waals surface area contributed by atoms with E-state index in [1.807, 2.05) is 0 Å². The van der Waals surface area contributed by atoms with Crippen LogP contribution in [0.4, 0.5) is 0 Å². The third kappa shape index (κ3) is 5.32. The molecule has 0 spiro atoms. The molecule has 0 saturated carbocycles. The normalized spacial score (nSPS) is 11.7. The number of aryl methyl sites for hydroxylation is 1. The number of hydrogen-bond donors (Lipinski definition) is 0. The van der Waals surface area contributed by atoms with Crippen LogP contribution in [0, 0.1) is 0 Å². The molecule has 0 aromatic carbocycles. The van der Waals surface area contributed by atoms with Gasteiger partial charge in [0.1, 0.15) is 17.0 Å². The van der Waals surface area contributed by atoms with E-state index in [0.717, 1.165) is 5.56 Å². The second-order valence-corrected chi connectivity index (χ2v) is 7.95. The number of ether oxygens (including phenoxy) is 1. The van der Waals surface area contributed by atoms with Crippen LogP contribution >= 0.6 is 11.6 Å². The number of aromatic nitrogens is 6. The Balaban J connectivity index is 1.46. The van der Waals surface area contributed by atoms with E-state index >= 15 is 0 Å². The van der Waals surface area contributed by atoms with Gasteiger partial charge in [-0.05, 0) is 42.8 Å². The van der Waals surface area contributed by atoms with E-state index < -0.39 is 12.1 Å². The van der Waals surface area contributed by atoms with Crippen LogP contribution in [0.3, 0.4) is 0 Å². The largest absolute Gasteiger partial charge is 0.457 e. The predicted molar refractivity (Wildman–Crippen MR) is 124 cm³/mol. The van der Waals surface area contributed by atoms with E-state index in [9.17, 15) is 9.59 Å². The molecule has 0 radical (unpaired) electrons.